The number of nitrogens with two attached hydrogens (primary N) is 9. The number of primary amides is 3. The van der Waals surface area contributed by atoms with Gasteiger partial charge in [-0.3, -0.25) is 101 Å². The molecule has 0 fully saturated rings. The molecule has 18 amide bonds. The molecule has 0 spiro atoms. The number of aliphatic hydroxyl groups excluding tert-OH is 2. The number of phenols is 1. The maximum atomic E-state index is 14.8. The molecule has 2 rings (SSSR count). The van der Waals surface area contributed by atoms with Gasteiger partial charge in [-0.05, 0) is 132 Å². The third kappa shape index (κ3) is 44.8. The summed E-state index contributed by atoms with van der Waals surface area (Å²) in [5.74, 6) is -20.7. The summed E-state index contributed by atoms with van der Waals surface area (Å²) in [6.45, 7) is 16.9. The number of carbonyl (C=O) groups excluding carboxylic acids is 18. The molecule has 0 aliphatic carbocycles. The van der Waals surface area contributed by atoms with Crippen molar-refractivity contribution in [3.05, 3.63) is 65.7 Å². The average Bonchev–Trinajstić information content (AvgIpc) is 0.844. The van der Waals surface area contributed by atoms with Crippen LogP contribution in [0.5, 0.6) is 5.75 Å². The predicted octanol–water partition coefficient (Wildman–Crippen LogP) is -8.54. The predicted molar refractivity (Wildman–Crippen MR) is 481 cm³/mol. The summed E-state index contributed by atoms with van der Waals surface area (Å²) < 4.78 is 0. The molecule has 0 aliphatic heterocycles. The van der Waals surface area contributed by atoms with E-state index in [9.17, 15) is 102 Å². The minimum atomic E-state index is -1.94. The van der Waals surface area contributed by atoms with Gasteiger partial charge in [0.1, 0.15) is 96.4 Å². The molecule has 2 aromatic carbocycles. The number of rotatable bonds is 60. The normalized spacial score (nSPS) is 14.8. The van der Waals surface area contributed by atoms with Gasteiger partial charge in [-0.25, -0.2) is 0 Å². The van der Waals surface area contributed by atoms with Crippen molar-refractivity contribution >= 4 is 124 Å². The van der Waals surface area contributed by atoms with Crippen LogP contribution in [0.2, 0.25) is 0 Å². The van der Waals surface area contributed by atoms with E-state index >= 15 is 0 Å². The third-order valence-corrected chi connectivity index (χ3v) is 19.7. The van der Waals surface area contributed by atoms with E-state index < -0.39 is 247 Å². The van der Waals surface area contributed by atoms with Gasteiger partial charge in [0.05, 0.1) is 19.1 Å². The Kier molecular flexibility index (Phi) is 50.3. The van der Waals surface area contributed by atoms with Gasteiger partial charge in [0.15, 0.2) is 17.9 Å². The Morgan fingerprint density at radius 3 is 1.02 bits per heavy atom. The third-order valence-electron chi connectivity index (χ3n) is 19.7. The molecule has 0 bridgehead atoms. The smallest absolute Gasteiger partial charge is 0.245 e. The molecule has 0 heterocycles. The number of amides is 18. The first kappa shape index (κ1) is 113. The van der Waals surface area contributed by atoms with Gasteiger partial charge in [-0.15, -0.1) is 0 Å². The molecule has 131 heavy (non-hydrogen) atoms. The first-order chi connectivity index (χ1) is 61.3. The summed E-state index contributed by atoms with van der Waals surface area (Å²) in [6.07, 6.45) is -5.03. The van der Waals surface area contributed by atoms with Crippen LogP contribution in [-0.2, 0) is 99.1 Å². The lowest BCUT2D eigenvalue weighted by atomic mass is 9.98. The fourth-order valence-corrected chi connectivity index (χ4v) is 13.0. The molecule has 48 heteroatoms. The maximum Gasteiger partial charge on any atom is 0.245 e. The van der Waals surface area contributed by atoms with Crippen LogP contribution in [0, 0.1) is 23.7 Å². The second kappa shape index (κ2) is 58.1. The van der Waals surface area contributed by atoms with Crippen LogP contribution >= 0.6 is 0 Å². The van der Waals surface area contributed by atoms with Crippen LogP contribution in [-0.4, -0.2) is 263 Å². The van der Waals surface area contributed by atoms with E-state index in [2.05, 4.69) is 94.7 Å². The molecule has 0 saturated heterocycles. The summed E-state index contributed by atoms with van der Waals surface area (Å²) in [5, 5.41) is 68.6. The monoisotopic (exact) mass is 1850 g/mol. The van der Waals surface area contributed by atoms with E-state index in [-0.39, 0.29) is 120 Å². The number of nitrogens with one attached hydrogen (secondary N) is 15. The van der Waals surface area contributed by atoms with Crippen molar-refractivity contribution in [1.29, 1.82) is 0 Å². The molecular weight excluding hydrogens is 1710 g/mol. The minimum absolute atomic E-state index is 0.0263. The zero-order valence-electron chi connectivity index (χ0n) is 76.2. The van der Waals surface area contributed by atoms with Gasteiger partial charge < -0.3 is 147 Å². The molecular formula is C83H137N27O21. The standard InChI is InChI=1S/C83H137N27O21/c1-40(2)33-56(106-78(129)61(39-111)108-67(118)44(9)96-47(12)113)73(124)99-51(21-16-30-93-81(87)88)69(120)97-45(10)68(119)103-59(37-48-19-14-13-15-20-48)75(126)104-57(34-41(3)4)74(125)107-60(38-63(85)116)76(127)105-58(35-42(5)6)77(128)109-64(43(7)8)79(130)110-65(46(11)112)80(131)101-53(23-18-32-95-83(91)92)70(121)100-54(28-29-62(84)115)72(123)98-52(22-17-31-94-82(89)90)71(122)102-55(66(86)117)36-49-24-26-50(114)27-25-49/h13-15,19-20,24-27,40-46,51-61,64-65,111-112,114H,16-18,21-23,28-39H2,1-12H3,(H2,84,115)(H2,85,116)(H2,86,117)(H,96,113)(H,97,120)(H,98,123)(H,99,124)(H,100,121)(H,101,131)(H,102,122)(H,103,119)(H,104,126)(H,105,127)(H,106,129)(H,107,125)(H,108,118)(H,109,128)(H,110,130)(H4,87,88,93)(H4,89,90,94)(H4,91,92,95)/t44-,45-,46+,51-,52-,53-,54-,55-,56-,57-,58-,59-,60-,61-,64-,65-/m0/s1. The molecule has 0 aliphatic rings. The highest BCUT2D eigenvalue weighted by Crippen LogP contribution is 2.17. The zero-order valence-corrected chi connectivity index (χ0v) is 76.2. The number of benzene rings is 2. The Bertz CT molecular complexity index is 4270. The second-order valence-electron chi connectivity index (χ2n) is 33.3. The topological polar surface area (TPSA) is 820 Å². The second-order valence-corrected chi connectivity index (χ2v) is 33.3. The molecule has 0 aromatic heterocycles. The summed E-state index contributed by atoms with van der Waals surface area (Å²) in [4.78, 5) is 261. The van der Waals surface area contributed by atoms with Crippen LogP contribution in [0.3, 0.4) is 0 Å². The van der Waals surface area contributed by atoms with E-state index in [0.29, 0.717) is 11.1 Å². The fourth-order valence-electron chi connectivity index (χ4n) is 13.0. The number of aliphatic imine (C=N–C) groups is 3. The number of phenolic OH excluding ortho intramolecular Hbond substituents is 1. The van der Waals surface area contributed by atoms with Crippen LogP contribution in [0.4, 0.5) is 0 Å². The van der Waals surface area contributed by atoms with Crippen molar-refractivity contribution in [2.75, 3.05) is 26.2 Å². The summed E-state index contributed by atoms with van der Waals surface area (Å²) >= 11 is 0. The van der Waals surface area contributed by atoms with Gasteiger partial charge in [0, 0.05) is 45.8 Å². The molecule has 730 valence electrons. The molecule has 16 atom stereocenters. The van der Waals surface area contributed by atoms with Crippen molar-refractivity contribution in [1.82, 2.24) is 79.8 Å². The van der Waals surface area contributed by atoms with Crippen molar-refractivity contribution < 1.29 is 102 Å². The minimum Gasteiger partial charge on any atom is -0.508 e. The molecule has 48 nitrogen and oxygen atoms in total. The van der Waals surface area contributed by atoms with Crippen molar-refractivity contribution in [3.8, 4) is 5.75 Å². The average molecular weight is 1850 g/mol. The Labute approximate surface area is 760 Å². The van der Waals surface area contributed by atoms with Gasteiger partial charge in [0.2, 0.25) is 106 Å². The van der Waals surface area contributed by atoms with Crippen molar-refractivity contribution in [3.63, 3.8) is 0 Å². The fraction of sp³-hybridized carbons (Fsp3) is 0.602. The lowest BCUT2D eigenvalue weighted by Gasteiger charge is -2.30. The largest absolute Gasteiger partial charge is 0.508 e. The van der Waals surface area contributed by atoms with Crippen LogP contribution in [0.15, 0.2) is 69.6 Å². The lowest BCUT2D eigenvalue weighted by molar-refractivity contribution is -0.138. The molecule has 36 N–H and O–H groups in total. The van der Waals surface area contributed by atoms with E-state index in [1.54, 1.807) is 71.9 Å². The number of aromatic hydroxyl groups is 1. The van der Waals surface area contributed by atoms with E-state index in [4.69, 9.17) is 51.6 Å². The van der Waals surface area contributed by atoms with Crippen LogP contribution in [0.1, 0.15) is 171 Å². The highest BCUT2D eigenvalue weighted by molar-refractivity contribution is 6.02. The zero-order chi connectivity index (χ0) is 99.2. The highest BCUT2D eigenvalue weighted by atomic mass is 16.3. The SMILES string of the molecule is CC(=O)N[C@@H](C)C(=O)N[C@@H](CO)C(=O)N[C@@H](CC(C)C)C(=O)N[C@@H](CCCN=C(N)N)C(=O)N[C@@H](C)C(=O)N[C@@H](Cc1ccccc1)C(=O)N[C@@H](CC(C)C)C(=O)N[C@@H](CC(N)=O)C(=O)N[C@@H](CC(C)C)C(=O)N[C@H](C(=O)N[C@H](C(=O)N[C@@H](CCCN=C(N)N)C(=O)N[C@@H](CCC(N)=O)C(=O)N[C@@H](CCCN=C(N)N)C(=O)N[C@@H](Cc1ccc(O)cc1)C(N)=O)[C@@H](C)O)C(C)C. The number of carbonyl (C=O) groups is 18. The first-order valence-electron chi connectivity index (χ1n) is 43.0. The van der Waals surface area contributed by atoms with Crippen LogP contribution < -0.4 is 131 Å². The van der Waals surface area contributed by atoms with Gasteiger partial charge in [-0.1, -0.05) is 97.9 Å². The summed E-state index contributed by atoms with van der Waals surface area (Å²) in [5.41, 5.74) is 51.0. The van der Waals surface area contributed by atoms with Crippen molar-refractivity contribution in [2.45, 2.75) is 270 Å². The summed E-state index contributed by atoms with van der Waals surface area (Å²) in [6, 6.07) is -9.46. The lowest BCUT2D eigenvalue weighted by Crippen LogP contribution is -2.63. The van der Waals surface area contributed by atoms with E-state index in [1.807, 2.05) is 0 Å². The maximum absolute atomic E-state index is 14.8. The van der Waals surface area contributed by atoms with Gasteiger partial charge in [-0.2, -0.15) is 0 Å². The van der Waals surface area contributed by atoms with E-state index in [1.165, 1.54) is 58.9 Å². The van der Waals surface area contributed by atoms with Gasteiger partial charge in [0.25, 0.3) is 0 Å². The number of hydrogen-bond donors (Lipinski definition) is 27. The molecule has 0 saturated carbocycles. The molecule has 0 radical (unpaired) electrons. The number of aliphatic hydroxyl groups is 2. The quantitative estimate of drug-likeness (QED) is 0.0166. The number of nitrogens with zero attached hydrogens (tertiary/aromatic N) is 3. The number of hydrogen-bond acceptors (Lipinski definition) is 24. The van der Waals surface area contributed by atoms with Gasteiger partial charge >= 0.3 is 0 Å². The van der Waals surface area contributed by atoms with Crippen molar-refractivity contribution in [2.24, 2.45) is 90.3 Å². The molecule has 2 aromatic rings. The van der Waals surface area contributed by atoms with E-state index in [0.717, 1.165) is 6.92 Å². The first-order valence-corrected chi connectivity index (χ1v) is 43.0. The Hall–Kier alpha value is -13.6. The van der Waals surface area contributed by atoms with Crippen LogP contribution in [0.25, 0.3) is 0 Å². The summed E-state index contributed by atoms with van der Waals surface area (Å²) in [7, 11) is 0. The Balaban J connectivity index is 2.55. The Morgan fingerprint density at radius 1 is 0.328 bits per heavy atom. The number of guanidine groups is 3. The highest BCUT2D eigenvalue weighted by Gasteiger charge is 2.40. The Morgan fingerprint density at radius 2 is 0.641 bits per heavy atom. The molecule has 0 unspecified atom stereocenters.